The van der Waals surface area contributed by atoms with E-state index < -0.39 is 18.8 Å². The largest absolute Gasteiger partial charge is 0.462 e. The average Bonchev–Trinajstić information content (AvgIpc) is 2.91. The number of rotatable bonds is 10. The number of esters is 1. The molecule has 0 spiro atoms. The van der Waals surface area contributed by atoms with Crippen LogP contribution >= 0.6 is 6.89 Å². The van der Waals surface area contributed by atoms with Crippen LogP contribution in [0.25, 0.3) is 0 Å². The molecular formula is C32H35O3P. The Bertz CT molecular complexity index is 1170. The van der Waals surface area contributed by atoms with Crippen LogP contribution in [0, 0.1) is 11.8 Å². The maximum absolute atomic E-state index is 14.5. The Morgan fingerprint density at radius 3 is 1.58 bits per heavy atom. The van der Waals surface area contributed by atoms with Crippen LogP contribution in [0.5, 0.6) is 0 Å². The second-order valence-corrected chi connectivity index (χ2v) is 12.3. The van der Waals surface area contributed by atoms with E-state index in [2.05, 4.69) is 6.58 Å². The lowest BCUT2D eigenvalue weighted by Gasteiger charge is -2.32. The highest BCUT2D eigenvalue weighted by Gasteiger charge is 2.40. The first-order chi connectivity index (χ1) is 17.4. The van der Waals surface area contributed by atoms with Gasteiger partial charge in [-0.1, -0.05) is 116 Å². The van der Waals surface area contributed by atoms with Crippen LogP contribution in [0.15, 0.2) is 115 Å². The topological polar surface area (TPSA) is 43.4 Å². The highest BCUT2D eigenvalue weighted by Crippen LogP contribution is 2.47. The van der Waals surface area contributed by atoms with Crippen LogP contribution in [0.1, 0.15) is 27.7 Å². The molecule has 0 aliphatic rings. The summed E-state index contributed by atoms with van der Waals surface area (Å²) in [6.07, 6.45) is 3.82. The molecule has 2 atom stereocenters. The molecule has 4 heteroatoms. The van der Waals surface area contributed by atoms with Crippen molar-refractivity contribution in [3.63, 3.8) is 0 Å². The molecule has 3 aromatic carbocycles. The zero-order valence-electron chi connectivity index (χ0n) is 21.6. The lowest BCUT2D eigenvalue weighted by molar-refractivity contribution is -0.135. The Hall–Kier alpha value is -3.42. The molecule has 3 rings (SSSR count). The summed E-state index contributed by atoms with van der Waals surface area (Å²) in [6.45, 7) is 8.90. The molecule has 0 aliphatic heterocycles. The molecule has 0 aromatic heterocycles. The molecule has 36 heavy (non-hydrogen) atoms. The van der Waals surface area contributed by atoms with Crippen LogP contribution in [0.3, 0.4) is 0 Å². The van der Waals surface area contributed by atoms with E-state index in [1.165, 1.54) is 0 Å². The summed E-state index contributed by atoms with van der Waals surface area (Å²) < 4.78 is 5.63. The summed E-state index contributed by atoms with van der Waals surface area (Å²) in [5, 5.41) is 3.02. The van der Waals surface area contributed by atoms with Crippen LogP contribution in [-0.2, 0) is 14.3 Å². The van der Waals surface area contributed by atoms with E-state index in [1.807, 2.05) is 118 Å². The number of ketones is 1. The molecule has 0 N–H and O–H groups in total. The summed E-state index contributed by atoms with van der Waals surface area (Å²) in [5.41, 5.74) is 1.09. The van der Waals surface area contributed by atoms with E-state index in [1.54, 1.807) is 13.0 Å². The lowest BCUT2D eigenvalue weighted by atomic mass is 9.87. The molecule has 0 aliphatic carbocycles. The van der Waals surface area contributed by atoms with Gasteiger partial charge in [0.15, 0.2) is 5.78 Å². The van der Waals surface area contributed by atoms with Crippen LogP contribution in [0.2, 0.25) is 0 Å². The number of hydrogen-bond acceptors (Lipinski definition) is 3. The maximum atomic E-state index is 14.5. The molecule has 0 bridgehead atoms. The second-order valence-electron chi connectivity index (χ2n) is 8.96. The van der Waals surface area contributed by atoms with Gasteiger partial charge in [-0.15, -0.1) is 6.58 Å². The summed E-state index contributed by atoms with van der Waals surface area (Å²) in [7, 11) is 0. The summed E-state index contributed by atoms with van der Waals surface area (Å²) in [5.74, 6) is -1.47. The number of allylic oxidation sites excluding steroid dienone is 3. The molecule has 186 valence electrons. The van der Waals surface area contributed by atoms with E-state index in [0.29, 0.717) is 0 Å². The van der Waals surface area contributed by atoms with Crippen molar-refractivity contribution >= 4 is 39.8 Å². The van der Waals surface area contributed by atoms with Gasteiger partial charge in [0.05, 0.1) is 6.61 Å². The molecular weight excluding hydrogens is 463 g/mol. The van der Waals surface area contributed by atoms with Crippen molar-refractivity contribution in [1.82, 2.24) is 0 Å². The second kappa shape index (κ2) is 12.5. The Morgan fingerprint density at radius 2 is 1.25 bits per heavy atom. The summed E-state index contributed by atoms with van der Waals surface area (Å²) in [4.78, 5) is 28.4. The Morgan fingerprint density at radius 1 is 0.833 bits per heavy atom. The van der Waals surface area contributed by atoms with Crippen LogP contribution in [-0.4, -0.2) is 23.7 Å². The highest BCUT2D eigenvalue weighted by atomic mass is 31.2. The number of benzene rings is 3. The van der Waals surface area contributed by atoms with Gasteiger partial charge in [0, 0.05) is 11.8 Å². The third-order valence-corrected chi connectivity index (χ3v) is 10.5. The molecule has 0 amide bonds. The molecule has 0 saturated carbocycles. The van der Waals surface area contributed by atoms with Gasteiger partial charge >= 0.3 is 5.97 Å². The lowest BCUT2D eigenvalue weighted by Crippen LogP contribution is -2.41. The number of carbonyl (C=O) groups is 2. The van der Waals surface area contributed by atoms with Gasteiger partial charge in [0.1, 0.15) is 5.29 Å². The van der Waals surface area contributed by atoms with Gasteiger partial charge in [-0.2, -0.15) is 0 Å². The van der Waals surface area contributed by atoms with Gasteiger partial charge < -0.3 is 4.74 Å². The minimum atomic E-state index is -2.91. The van der Waals surface area contributed by atoms with Crippen molar-refractivity contribution in [2.24, 2.45) is 11.8 Å². The van der Waals surface area contributed by atoms with Gasteiger partial charge in [-0.05, 0) is 43.6 Å². The minimum Gasteiger partial charge on any atom is -0.462 e. The van der Waals surface area contributed by atoms with Gasteiger partial charge in [-0.3, -0.25) is 4.79 Å². The number of carbonyl (C=O) groups excluding carboxylic acids is 2. The first-order valence-corrected chi connectivity index (χ1v) is 14.1. The zero-order valence-corrected chi connectivity index (χ0v) is 22.5. The predicted octanol–water partition coefficient (Wildman–Crippen LogP) is 5.69. The van der Waals surface area contributed by atoms with Gasteiger partial charge in [0.25, 0.3) is 0 Å². The van der Waals surface area contributed by atoms with Crippen molar-refractivity contribution < 1.29 is 14.3 Å². The van der Waals surface area contributed by atoms with E-state index in [9.17, 15) is 9.59 Å². The Labute approximate surface area is 215 Å². The van der Waals surface area contributed by atoms with Crippen molar-refractivity contribution in [3.05, 3.63) is 115 Å². The van der Waals surface area contributed by atoms with Gasteiger partial charge in [0.2, 0.25) is 0 Å². The quantitative estimate of drug-likeness (QED) is 0.156. The first-order valence-electron chi connectivity index (χ1n) is 12.3. The molecule has 3 aromatic rings. The summed E-state index contributed by atoms with van der Waals surface area (Å²) in [6, 6.07) is 29.7. The van der Waals surface area contributed by atoms with E-state index in [4.69, 9.17) is 4.74 Å². The van der Waals surface area contributed by atoms with E-state index >= 15 is 0 Å². The standard InChI is InChI=1S/C32H35O3P/c1-6-26(23-24(3)4)25(5)30(33)31(32(34)35-7-2)36(27-17-11-8-12-18-27,28-19-13-9-14-20-28)29-21-15-10-16-22-29/h6,8-23,25-26H,1,7H2,2-5H3/t25-,26-/m1/s1. The zero-order chi connectivity index (χ0) is 26.1. The predicted molar refractivity (Wildman–Crippen MR) is 154 cm³/mol. The monoisotopic (exact) mass is 498 g/mol. The fourth-order valence-electron chi connectivity index (χ4n) is 4.58. The van der Waals surface area contributed by atoms with Crippen molar-refractivity contribution in [2.75, 3.05) is 6.61 Å². The summed E-state index contributed by atoms with van der Waals surface area (Å²) >= 11 is 0. The third-order valence-electron chi connectivity index (χ3n) is 6.26. The van der Waals surface area contributed by atoms with Crippen molar-refractivity contribution in [1.29, 1.82) is 0 Å². The van der Waals surface area contributed by atoms with Gasteiger partial charge in [-0.25, -0.2) is 4.79 Å². The van der Waals surface area contributed by atoms with Crippen LogP contribution in [0.4, 0.5) is 0 Å². The van der Waals surface area contributed by atoms with E-state index in [-0.39, 0.29) is 23.6 Å². The van der Waals surface area contributed by atoms with E-state index in [0.717, 1.165) is 21.5 Å². The molecule has 0 heterocycles. The third kappa shape index (κ3) is 5.53. The maximum Gasteiger partial charge on any atom is 0.342 e. The minimum absolute atomic E-state index is 0.182. The normalized spacial score (nSPS) is 12.7. The average molecular weight is 499 g/mol. The SMILES string of the molecule is C=C[C@H](C=C(C)C)[C@@H](C)C(=O)C(C(=O)OCC)=P(c1ccccc1)(c1ccccc1)c1ccccc1. The first kappa shape index (κ1) is 27.2. The number of Topliss-reactive ketones (excluding diaryl/α,β-unsaturated/α-hetero) is 1. The molecule has 0 saturated heterocycles. The van der Waals surface area contributed by atoms with Crippen molar-refractivity contribution in [3.8, 4) is 0 Å². The fourth-order valence-corrected chi connectivity index (χ4v) is 8.98. The highest BCUT2D eigenvalue weighted by molar-refractivity contribution is 7.97. The molecule has 3 nitrogen and oxygen atoms in total. The molecule has 0 fully saturated rings. The fraction of sp³-hybridized carbons (Fsp3) is 0.219. The van der Waals surface area contributed by atoms with Crippen LogP contribution < -0.4 is 15.9 Å². The number of ether oxygens (including phenoxy) is 1. The Kier molecular flexibility index (Phi) is 9.44. The molecule has 0 radical (unpaired) electrons. The Balaban J connectivity index is 2.57. The van der Waals surface area contributed by atoms with Crippen molar-refractivity contribution in [2.45, 2.75) is 27.7 Å². The smallest absolute Gasteiger partial charge is 0.342 e. The molecule has 0 unspecified atom stereocenters. The number of hydrogen-bond donors (Lipinski definition) is 0.